The van der Waals surface area contributed by atoms with Crippen LogP contribution in [0.4, 0.5) is 17.3 Å². The van der Waals surface area contributed by atoms with Gasteiger partial charge in [0.2, 0.25) is 5.95 Å². The van der Waals surface area contributed by atoms with Crippen LogP contribution in [-0.4, -0.2) is 15.0 Å². The zero-order chi connectivity index (χ0) is 16.9. The van der Waals surface area contributed by atoms with Gasteiger partial charge in [0, 0.05) is 5.41 Å². The van der Waals surface area contributed by atoms with E-state index in [0.717, 1.165) is 23.0 Å². The quantitative estimate of drug-likeness (QED) is 0.658. The van der Waals surface area contributed by atoms with Crippen molar-refractivity contribution < 1.29 is 0 Å². The molecule has 2 aromatic carbocycles. The third-order valence-corrected chi connectivity index (χ3v) is 4.68. The summed E-state index contributed by atoms with van der Waals surface area (Å²) in [6.07, 6.45) is 0. The SMILES string of the molecule is Cc1nc(C)nc(N2c3ccccc3C(C)(C)c3ccccc32)n1. The van der Waals surface area contributed by atoms with Gasteiger partial charge in [-0.05, 0) is 37.1 Å². The molecule has 1 aliphatic heterocycles. The van der Waals surface area contributed by atoms with Crippen LogP contribution < -0.4 is 4.90 Å². The van der Waals surface area contributed by atoms with Crippen LogP contribution in [0.1, 0.15) is 36.6 Å². The van der Waals surface area contributed by atoms with Crippen LogP contribution >= 0.6 is 0 Å². The summed E-state index contributed by atoms with van der Waals surface area (Å²) in [7, 11) is 0. The van der Waals surface area contributed by atoms with Crippen LogP contribution in [0.3, 0.4) is 0 Å². The highest BCUT2D eigenvalue weighted by molar-refractivity contribution is 5.83. The fourth-order valence-corrected chi connectivity index (χ4v) is 3.58. The van der Waals surface area contributed by atoms with Crippen molar-refractivity contribution in [3.63, 3.8) is 0 Å². The number of aryl methyl sites for hydroxylation is 2. The summed E-state index contributed by atoms with van der Waals surface area (Å²) in [6.45, 7) is 8.35. The monoisotopic (exact) mass is 316 g/mol. The molecule has 24 heavy (non-hydrogen) atoms. The number of rotatable bonds is 1. The number of hydrogen-bond donors (Lipinski definition) is 0. The first-order valence-corrected chi connectivity index (χ1v) is 8.17. The molecule has 4 heteroatoms. The summed E-state index contributed by atoms with van der Waals surface area (Å²) in [5.41, 5.74) is 4.75. The minimum atomic E-state index is -0.0686. The van der Waals surface area contributed by atoms with Gasteiger partial charge in [-0.15, -0.1) is 0 Å². The highest BCUT2D eigenvalue weighted by atomic mass is 15.3. The Morgan fingerprint density at radius 2 is 1.17 bits per heavy atom. The molecule has 0 atom stereocenters. The molecular weight excluding hydrogens is 296 g/mol. The third kappa shape index (κ3) is 2.10. The lowest BCUT2D eigenvalue weighted by atomic mass is 9.74. The maximum absolute atomic E-state index is 4.61. The van der Waals surface area contributed by atoms with Gasteiger partial charge in [-0.25, -0.2) is 4.98 Å². The Hall–Kier alpha value is -2.75. The van der Waals surface area contributed by atoms with Crippen LogP contribution in [0.25, 0.3) is 0 Å². The van der Waals surface area contributed by atoms with Gasteiger partial charge >= 0.3 is 0 Å². The average molecular weight is 316 g/mol. The van der Waals surface area contributed by atoms with Crippen LogP contribution in [0, 0.1) is 13.8 Å². The van der Waals surface area contributed by atoms with E-state index in [1.165, 1.54) is 11.1 Å². The lowest BCUT2D eigenvalue weighted by molar-refractivity contribution is 0.630. The standard InChI is InChI=1S/C20H20N4/c1-13-21-14(2)23-19(22-13)24-17-11-7-5-9-15(17)20(3,4)16-10-6-8-12-18(16)24/h5-12H,1-4H3. The van der Waals surface area contributed by atoms with Gasteiger partial charge in [0.25, 0.3) is 0 Å². The van der Waals surface area contributed by atoms with E-state index in [2.05, 4.69) is 82.2 Å². The normalized spacial score (nSPS) is 14.9. The first kappa shape index (κ1) is 14.8. The highest BCUT2D eigenvalue weighted by Gasteiger charge is 2.37. The molecule has 0 fully saturated rings. The van der Waals surface area contributed by atoms with Gasteiger partial charge in [-0.1, -0.05) is 50.2 Å². The Kier molecular flexibility index (Phi) is 3.17. The van der Waals surface area contributed by atoms with Crippen LogP contribution in [0.5, 0.6) is 0 Å². The van der Waals surface area contributed by atoms with Gasteiger partial charge < -0.3 is 0 Å². The topological polar surface area (TPSA) is 41.9 Å². The second kappa shape index (κ2) is 5.13. The molecule has 0 saturated heterocycles. The van der Waals surface area contributed by atoms with E-state index in [1.807, 2.05) is 13.8 Å². The first-order valence-electron chi connectivity index (χ1n) is 8.17. The van der Waals surface area contributed by atoms with Gasteiger partial charge in [0.15, 0.2) is 0 Å². The minimum Gasteiger partial charge on any atom is -0.278 e. The highest BCUT2D eigenvalue weighted by Crippen LogP contribution is 2.50. The molecule has 0 spiro atoms. The van der Waals surface area contributed by atoms with Crippen molar-refractivity contribution in [2.45, 2.75) is 33.1 Å². The Morgan fingerprint density at radius 1 is 0.708 bits per heavy atom. The molecule has 3 aromatic rings. The molecule has 0 N–H and O–H groups in total. The summed E-state index contributed by atoms with van der Waals surface area (Å²) in [4.78, 5) is 15.7. The van der Waals surface area contributed by atoms with Crippen LogP contribution in [0.2, 0.25) is 0 Å². The Bertz CT molecular complexity index is 861. The Balaban J connectivity index is 2.05. The van der Waals surface area contributed by atoms with E-state index in [0.29, 0.717) is 5.95 Å². The van der Waals surface area contributed by atoms with Crippen molar-refractivity contribution >= 4 is 17.3 Å². The van der Waals surface area contributed by atoms with Crippen molar-refractivity contribution in [1.29, 1.82) is 0 Å². The second-order valence-corrected chi connectivity index (χ2v) is 6.72. The molecule has 2 heterocycles. The summed E-state index contributed by atoms with van der Waals surface area (Å²) >= 11 is 0. The van der Waals surface area contributed by atoms with E-state index in [-0.39, 0.29) is 5.41 Å². The summed E-state index contributed by atoms with van der Waals surface area (Å²) in [5.74, 6) is 2.14. The fourth-order valence-electron chi connectivity index (χ4n) is 3.58. The maximum Gasteiger partial charge on any atom is 0.238 e. The minimum absolute atomic E-state index is 0.0686. The number of hydrogen-bond acceptors (Lipinski definition) is 4. The zero-order valence-corrected chi connectivity index (χ0v) is 14.4. The molecule has 4 nitrogen and oxygen atoms in total. The molecule has 0 radical (unpaired) electrons. The van der Waals surface area contributed by atoms with Crippen LogP contribution in [0.15, 0.2) is 48.5 Å². The molecule has 1 aromatic heterocycles. The van der Waals surface area contributed by atoms with Crippen molar-refractivity contribution in [2.24, 2.45) is 0 Å². The number of para-hydroxylation sites is 2. The van der Waals surface area contributed by atoms with Crippen molar-refractivity contribution in [1.82, 2.24) is 15.0 Å². The van der Waals surface area contributed by atoms with Gasteiger partial charge in [0.05, 0.1) is 11.4 Å². The van der Waals surface area contributed by atoms with Crippen molar-refractivity contribution in [3.8, 4) is 0 Å². The molecule has 0 aliphatic carbocycles. The molecule has 0 saturated carbocycles. The van der Waals surface area contributed by atoms with Gasteiger partial charge in [0.1, 0.15) is 11.6 Å². The lowest BCUT2D eigenvalue weighted by Crippen LogP contribution is -2.31. The smallest absolute Gasteiger partial charge is 0.238 e. The molecule has 0 amide bonds. The molecule has 120 valence electrons. The van der Waals surface area contributed by atoms with E-state index in [1.54, 1.807) is 0 Å². The third-order valence-electron chi connectivity index (χ3n) is 4.68. The number of fused-ring (bicyclic) bond motifs is 2. The van der Waals surface area contributed by atoms with Crippen molar-refractivity contribution in [3.05, 3.63) is 71.3 Å². The summed E-state index contributed by atoms with van der Waals surface area (Å²) < 4.78 is 0. The van der Waals surface area contributed by atoms with Crippen LogP contribution in [-0.2, 0) is 5.41 Å². The van der Waals surface area contributed by atoms with Gasteiger partial charge in [-0.3, -0.25) is 4.90 Å². The summed E-state index contributed by atoms with van der Waals surface area (Å²) in [6, 6.07) is 17.0. The fraction of sp³-hybridized carbons (Fsp3) is 0.250. The Labute approximate surface area is 142 Å². The Morgan fingerprint density at radius 3 is 1.67 bits per heavy atom. The van der Waals surface area contributed by atoms with E-state index >= 15 is 0 Å². The first-order chi connectivity index (χ1) is 11.5. The predicted molar refractivity (Wildman–Crippen MR) is 96.1 cm³/mol. The lowest BCUT2D eigenvalue weighted by Gasteiger charge is -2.40. The number of anilines is 3. The largest absolute Gasteiger partial charge is 0.278 e. The van der Waals surface area contributed by atoms with E-state index < -0.39 is 0 Å². The molecule has 1 aliphatic rings. The number of nitrogens with zero attached hydrogens (tertiary/aromatic N) is 4. The maximum atomic E-state index is 4.61. The number of benzene rings is 2. The number of aromatic nitrogens is 3. The van der Waals surface area contributed by atoms with Crippen molar-refractivity contribution in [2.75, 3.05) is 4.90 Å². The van der Waals surface area contributed by atoms with Gasteiger partial charge in [-0.2, -0.15) is 9.97 Å². The van der Waals surface area contributed by atoms with E-state index in [4.69, 9.17) is 0 Å². The molecule has 4 rings (SSSR count). The summed E-state index contributed by atoms with van der Waals surface area (Å²) in [5, 5.41) is 0. The second-order valence-electron chi connectivity index (χ2n) is 6.72. The van der Waals surface area contributed by atoms with E-state index in [9.17, 15) is 0 Å². The average Bonchev–Trinajstić information content (AvgIpc) is 2.54. The molecule has 0 bridgehead atoms. The predicted octanol–water partition coefficient (Wildman–Crippen LogP) is 4.60. The zero-order valence-electron chi connectivity index (χ0n) is 14.4. The molecule has 0 unspecified atom stereocenters. The molecular formula is C20H20N4.